The summed E-state index contributed by atoms with van der Waals surface area (Å²) in [6.45, 7) is 6.37. The summed E-state index contributed by atoms with van der Waals surface area (Å²) in [5.74, 6) is 0.486. The second-order valence-electron chi connectivity index (χ2n) is 15.9. The highest BCUT2D eigenvalue weighted by atomic mass is 35.5. The SMILES string of the molecule is C.CN1CCC(CCN)CC1.CN1CCC(CCNC(=O)c2cc3c(Sc4ccc(Cl)cc4Cl)cc(Cl)cc3[nH]2)CC1.O=C(O)c1cc2c(Sc3ccc(Cl)cc3Cl)cc(Cl)cc2[nH]1. The first kappa shape index (κ1) is 52.2. The first-order chi connectivity index (χ1) is 30.1. The molecule has 6 aromatic rings. The van der Waals surface area contributed by atoms with Crippen LogP contribution in [-0.4, -0.2) is 90.1 Å². The lowest BCUT2D eigenvalue weighted by Crippen LogP contribution is -2.32. The zero-order chi connectivity index (χ0) is 45.2. The number of hydrogen-bond donors (Lipinski definition) is 5. The molecule has 64 heavy (non-hydrogen) atoms. The van der Waals surface area contributed by atoms with Gasteiger partial charge in [0, 0.05) is 68.0 Å². The number of aromatic amines is 2. The number of rotatable bonds is 11. The Labute approximate surface area is 414 Å². The molecule has 6 N–H and O–H groups in total. The van der Waals surface area contributed by atoms with E-state index in [9.17, 15) is 9.59 Å². The van der Waals surface area contributed by atoms with E-state index in [1.807, 2.05) is 30.3 Å². The number of carboxylic acids is 1. The van der Waals surface area contributed by atoms with Crippen LogP contribution in [0.15, 0.2) is 92.4 Å². The van der Waals surface area contributed by atoms with Gasteiger partial charge in [0.1, 0.15) is 11.4 Å². The molecule has 4 aromatic carbocycles. The molecule has 344 valence electrons. The number of nitrogens with zero attached hydrogens (tertiary/aromatic N) is 2. The number of H-pyrrole nitrogens is 2. The van der Waals surface area contributed by atoms with Crippen LogP contribution in [0.25, 0.3) is 21.8 Å². The molecule has 0 aliphatic carbocycles. The average molecular weight is 1030 g/mol. The molecule has 0 saturated carbocycles. The predicted molar refractivity (Wildman–Crippen MR) is 273 cm³/mol. The van der Waals surface area contributed by atoms with Crippen LogP contribution in [0.4, 0.5) is 0 Å². The van der Waals surface area contributed by atoms with Crippen LogP contribution in [0.3, 0.4) is 0 Å². The topological polar surface area (TPSA) is 130 Å². The highest BCUT2D eigenvalue weighted by Crippen LogP contribution is 2.41. The van der Waals surface area contributed by atoms with Gasteiger partial charge in [-0.25, -0.2) is 4.79 Å². The molecule has 2 aromatic heterocycles. The molecule has 0 atom stereocenters. The Bertz CT molecular complexity index is 2520. The highest BCUT2D eigenvalue weighted by molar-refractivity contribution is 8.00. The number of carboxylic acid groups (broad SMARTS) is 1. The molecule has 2 aliphatic heterocycles. The summed E-state index contributed by atoms with van der Waals surface area (Å²) in [4.78, 5) is 38.1. The van der Waals surface area contributed by atoms with Gasteiger partial charge < -0.3 is 35.9 Å². The zero-order valence-corrected chi connectivity index (χ0v) is 41.1. The Morgan fingerprint density at radius 1 is 0.641 bits per heavy atom. The van der Waals surface area contributed by atoms with E-state index in [2.05, 4.69) is 39.2 Å². The van der Waals surface area contributed by atoms with Crippen molar-refractivity contribution >= 4 is 127 Å². The number of halogens is 6. The van der Waals surface area contributed by atoms with E-state index < -0.39 is 5.97 Å². The van der Waals surface area contributed by atoms with E-state index in [0.717, 1.165) is 67.8 Å². The number of carbonyl (C=O) groups excluding carboxylic acids is 1. The highest BCUT2D eigenvalue weighted by Gasteiger charge is 2.19. The van der Waals surface area contributed by atoms with Gasteiger partial charge >= 0.3 is 5.97 Å². The minimum Gasteiger partial charge on any atom is -0.477 e. The fourth-order valence-corrected chi connectivity index (χ4v) is 11.1. The van der Waals surface area contributed by atoms with Crippen LogP contribution < -0.4 is 11.1 Å². The molecule has 8 rings (SSSR count). The number of fused-ring (bicyclic) bond motifs is 2. The van der Waals surface area contributed by atoms with Gasteiger partial charge in [-0.15, -0.1) is 0 Å². The monoisotopic (exact) mass is 1020 g/mol. The molecule has 2 aliphatic rings. The van der Waals surface area contributed by atoms with Crippen LogP contribution in [0.1, 0.15) is 66.9 Å². The summed E-state index contributed by atoms with van der Waals surface area (Å²) >= 11 is 39.8. The molecule has 2 saturated heterocycles. The van der Waals surface area contributed by atoms with Crippen molar-refractivity contribution in [3.8, 4) is 0 Å². The van der Waals surface area contributed by atoms with Crippen LogP contribution in [0.5, 0.6) is 0 Å². The van der Waals surface area contributed by atoms with Gasteiger partial charge in [-0.2, -0.15) is 0 Å². The maximum atomic E-state index is 12.7. The summed E-state index contributed by atoms with van der Waals surface area (Å²) in [6.07, 6.45) is 7.35. The predicted octanol–water partition coefficient (Wildman–Crippen LogP) is 14.0. The zero-order valence-electron chi connectivity index (χ0n) is 34.9. The van der Waals surface area contributed by atoms with Crippen molar-refractivity contribution in [2.24, 2.45) is 17.6 Å². The number of aromatic nitrogens is 2. The van der Waals surface area contributed by atoms with Crippen molar-refractivity contribution in [2.75, 3.05) is 53.4 Å². The van der Waals surface area contributed by atoms with Gasteiger partial charge in [0.25, 0.3) is 5.91 Å². The molecule has 0 bridgehead atoms. The van der Waals surface area contributed by atoms with Gasteiger partial charge in [-0.3, -0.25) is 4.79 Å². The van der Waals surface area contributed by atoms with Crippen molar-refractivity contribution in [3.63, 3.8) is 0 Å². The number of piperidine rings is 2. The van der Waals surface area contributed by atoms with Crippen LogP contribution in [-0.2, 0) is 0 Å². The lowest BCUT2D eigenvalue weighted by molar-refractivity contribution is 0.0691. The quantitative estimate of drug-likeness (QED) is 0.0867. The summed E-state index contributed by atoms with van der Waals surface area (Å²) < 4.78 is 0. The maximum absolute atomic E-state index is 12.7. The molecule has 0 unspecified atom stereocenters. The van der Waals surface area contributed by atoms with Crippen molar-refractivity contribution in [3.05, 3.63) is 114 Å². The third kappa shape index (κ3) is 14.9. The minimum absolute atomic E-state index is 0. The number of likely N-dealkylation sites (tertiary alicyclic amines) is 2. The summed E-state index contributed by atoms with van der Waals surface area (Å²) in [6, 6.07) is 21.3. The lowest BCUT2D eigenvalue weighted by Gasteiger charge is -2.28. The summed E-state index contributed by atoms with van der Waals surface area (Å²) in [7, 11) is 4.35. The molecule has 0 spiro atoms. The second kappa shape index (κ2) is 24.8. The normalized spacial score (nSPS) is 15.0. The molecule has 2 fully saturated rings. The Morgan fingerprint density at radius 3 is 1.52 bits per heavy atom. The molecule has 9 nitrogen and oxygen atoms in total. The first-order valence-corrected chi connectivity index (χ1v) is 24.5. The van der Waals surface area contributed by atoms with Gasteiger partial charge in [-0.1, -0.05) is 101 Å². The minimum atomic E-state index is -1.02. The number of nitrogens with two attached hydrogens (primary N) is 1. The Morgan fingerprint density at radius 2 is 1.08 bits per heavy atom. The number of amides is 1. The maximum Gasteiger partial charge on any atom is 0.352 e. The van der Waals surface area contributed by atoms with E-state index in [0.29, 0.717) is 53.8 Å². The molecule has 1 amide bonds. The van der Waals surface area contributed by atoms with E-state index in [-0.39, 0.29) is 19.0 Å². The average Bonchev–Trinajstić information content (AvgIpc) is 3.88. The van der Waals surface area contributed by atoms with Crippen molar-refractivity contribution in [2.45, 2.75) is 65.5 Å². The number of aromatic carboxylic acids is 1. The van der Waals surface area contributed by atoms with Gasteiger partial charge in [0.2, 0.25) is 0 Å². The molecule has 17 heteroatoms. The van der Waals surface area contributed by atoms with Gasteiger partial charge in [-0.05, 0) is 170 Å². The smallest absolute Gasteiger partial charge is 0.352 e. The number of carbonyl (C=O) groups is 2. The molecular weight excluding hydrogens is 973 g/mol. The third-order valence-electron chi connectivity index (χ3n) is 11.1. The second-order valence-corrected chi connectivity index (χ2v) is 20.6. The van der Waals surface area contributed by atoms with E-state index in [4.69, 9.17) is 80.4 Å². The van der Waals surface area contributed by atoms with Gasteiger partial charge in [0.05, 0.1) is 10.0 Å². The van der Waals surface area contributed by atoms with E-state index in [1.165, 1.54) is 68.7 Å². The van der Waals surface area contributed by atoms with Crippen molar-refractivity contribution in [1.82, 2.24) is 25.1 Å². The fraction of sp³-hybridized carbons (Fsp3) is 0.362. The van der Waals surface area contributed by atoms with E-state index >= 15 is 0 Å². The third-order valence-corrected chi connectivity index (χ3v) is 15.1. The number of hydrogen-bond acceptors (Lipinski definition) is 7. The van der Waals surface area contributed by atoms with Crippen LogP contribution in [0, 0.1) is 11.8 Å². The Hall–Kier alpha value is -2.78. The van der Waals surface area contributed by atoms with Crippen molar-refractivity contribution in [1.29, 1.82) is 0 Å². The Kier molecular flexibility index (Phi) is 20.3. The largest absolute Gasteiger partial charge is 0.477 e. The molecule has 0 radical (unpaired) electrons. The standard InChI is InChI=1S/C23H24Cl3N3OS.C15H8Cl3NO2S.C8H18N2.CH4/c1-29-8-5-14(6-9-29)4-7-27-23(30)20-13-17-19(28-20)11-16(25)12-22(17)31-21-3-2-15(24)10-18(21)26;16-7-1-2-13(10(18)3-7)22-14-5-8(17)4-11-9(14)6-12(19-11)15(20)21;1-10-6-3-8(2-5-9)4-7-10;/h2-3,10-14,28H,4-9H2,1H3,(H,27,30);1-6,19H,(H,20,21);8H,2-7,9H2,1H3;1H4. The van der Waals surface area contributed by atoms with Crippen molar-refractivity contribution < 1.29 is 14.7 Å². The van der Waals surface area contributed by atoms with Gasteiger partial charge in [0.15, 0.2) is 0 Å². The fourth-order valence-electron chi connectivity index (χ4n) is 7.52. The molecule has 4 heterocycles. The Balaban J connectivity index is 0.000000203. The summed E-state index contributed by atoms with van der Waals surface area (Å²) in [5, 5.41) is 17.2. The first-order valence-electron chi connectivity index (χ1n) is 20.6. The molecular formula is C47H54Cl6N6O3S2. The van der Waals surface area contributed by atoms with Crippen LogP contribution >= 0.6 is 93.1 Å². The lowest BCUT2D eigenvalue weighted by atomic mass is 9.94. The summed E-state index contributed by atoms with van der Waals surface area (Å²) in [5.41, 5.74) is 7.61. The van der Waals surface area contributed by atoms with E-state index in [1.54, 1.807) is 42.5 Å². The number of benzene rings is 4. The van der Waals surface area contributed by atoms with Crippen LogP contribution in [0.2, 0.25) is 30.1 Å². The number of nitrogens with one attached hydrogen (secondary N) is 3.